The van der Waals surface area contributed by atoms with Crippen molar-refractivity contribution in [1.29, 1.82) is 0 Å². The van der Waals surface area contributed by atoms with Crippen molar-refractivity contribution >= 4 is 22.7 Å². The molecular weight excluding hydrogens is 378 g/mol. The molecule has 3 aliphatic heterocycles. The summed E-state index contributed by atoms with van der Waals surface area (Å²) in [6, 6.07) is 19.4. The summed E-state index contributed by atoms with van der Waals surface area (Å²) < 4.78 is 6.54. The summed E-state index contributed by atoms with van der Waals surface area (Å²) in [7, 11) is 0. The average molecular weight is 399 g/mol. The van der Waals surface area contributed by atoms with E-state index in [2.05, 4.69) is 4.98 Å². The van der Waals surface area contributed by atoms with Gasteiger partial charge in [0.2, 0.25) is 5.91 Å². The number of nitrogens with zero attached hydrogens (tertiary/aromatic N) is 3. The summed E-state index contributed by atoms with van der Waals surface area (Å²) in [5, 5.41) is 0.933. The van der Waals surface area contributed by atoms with E-state index in [0.29, 0.717) is 31.5 Å². The zero-order chi connectivity index (χ0) is 20.3. The lowest BCUT2D eigenvalue weighted by Crippen LogP contribution is -2.48. The SMILES string of the molecule is O=C(c1cnc2ccccc2c1)N1CC[C@@]23O[C@H](c4ccccc4)CN2C(=O)C[C@@H]13. The molecule has 3 fully saturated rings. The van der Waals surface area contributed by atoms with Gasteiger partial charge in [0, 0.05) is 24.5 Å². The van der Waals surface area contributed by atoms with Crippen LogP contribution >= 0.6 is 0 Å². The van der Waals surface area contributed by atoms with Crippen LogP contribution in [-0.4, -0.2) is 51.5 Å². The molecule has 6 nitrogen and oxygen atoms in total. The maximum absolute atomic E-state index is 13.4. The zero-order valence-electron chi connectivity index (χ0n) is 16.4. The van der Waals surface area contributed by atoms with Gasteiger partial charge in [-0.05, 0) is 17.7 Å². The van der Waals surface area contributed by atoms with E-state index < -0.39 is 5.72 Å². The van der Waals surface area contributed by atoms with Gasteiger partial charge >= 0.3 is 0 Å². The average Bonchev–Trinajstić information content (AvgIpc) is 3.42. The molecule has 3 atom stereocenters. The Balaban J connectivity index is 1.31. The number of fused-ring (bicyclic) bond motifs is 1. The third-order valence-corrected chi connectivity index (χ3v) is 6.70. The standard InChI is InChI=1S/C24H21N3O3/c28-22-13-21-24(27(22)15-20(30-24)16-6-2-1-3-7-16)10-11-26(21)23(29)18-12-17-8-4-5-9-19(17)25-14-18/h1-9,12,14,20-21H,10-11,13,15H2/t20-,21+,24-/m0/s1. The van der Waals surface area contributed by atoms with Gasteiger partial charge in [-0.2, -0.15) is 0 Å². The van der Waals surface area contributed by atoms with Crippen molar-refractivity contribution < 1.29 is 14.3 Å². The van der Waals surface area contributed by atoms with Gasteiger partial charge in [0.15, 0.2) is 5.72 Å². The number of para-hydroxylation sites is 1. The second-order valence-electron chi connectivity index (χ2n) is 8.25. The lowest BCUT2D eigenvalue weighted by molar-refractivity contribution is -0.138. The highest BCUT2D eigenvalue weighted by Gasteiger charge is 2.65. The number of benzene rings is 2. The second kappa shape index (κ2) is 6.37. The number of carbonyl (C=O) groups is 2. The quantitative estimate of drug-likeness (QED) is 0.664. The Morgan fingerprint density at radius 3 is 2.77 bits per heavy atom. The van der Waals surface area contributed by atoms with Crippen LogP contribution in [0.2, 0.25) is 0 Å². The number of aromatic nitrogens is 1. The first kappa shape index (κ1) is 17.6. The molecule has 0 radical (unpaired) electrons. The van der Waals surface area contributed by atoms with E-state index in [-0.39, 0.29) is 24.0 Å². The fourth-order valence-electron chi connectivity index (χ4n) is 5.26. The van der Waals surface area contributed by atoms with Crippen molar-refractivity contribution in [2.75, 3.05) is 13.1 Å². The van der Waals surface area contributed by atoms with E-state index in [1.807, 2.05) is 70.5 Å². The van der Waals surface area contributed by atoms with Gasteiger partial charge in [0.25, 0.3) is 5.91 Å². The Kier molecular flexibility index (Phi) is 3.74. The van der Waals surface area contributed by atoms with E-state index in [4.69, 9.17) is 4.74 Å². The van der Waals surface area contributed by atoms with Crippen LogP contribution in [0.25, 0.3) is 10.9 Å². The smallest absolute Gasteiger partial charge is 0.255 e. The molecule has 0 bridgehead atoms. The van der Waals surface area contributed by atoms with E-state index in [9.17, 15) is 9.59 Å². The predicted octanol–water partition coefficient (Wildman–Crippen LogP) is 3.15. The zero-order valence-corrected chi connectivity index (χ0v) is 16.4. The second-order valence-corrected chi connectivity index (χ2v) is 8.25. The van der Waals surface area contributed by atoms with Gasteiger partial charge in [-0.1, -0.05) is 48.5 Å². The summed E-state index contributed by atoms with van der Waals surface area (Å²) in [6.07, 6.45) is 2.43. The predicted molar refractivity (Wildman–Crippen MR) is 111 cm³/mol. The van der Waals surface area contributed by atoms with E-state index in [0.717, 1.165) is 16.5 Å². The Bertz CT molecular complexity index is 1160. The third-order valence-electron chi connectivity index (χ3n) is 6.70. The number of likely N-dealkylation sites (tertiary alicyclic amines) is 1. The van der Waals surface area contributed by atoms with Gasteiger partial charge < -0.3 is 14.5 Å². The number of amides is 2. The molecule has 4 heterocycles. The number of rotatable bonds is 2. The summed E-state index contributed by atoms with van der Waals surface area (Å²) in [6.45, 7) is 1.11. The molecule has 0 saturated carbocycles. The maximum atomic E-state index is 13.4. The van der Waals surface area contributed by atoms with E-state index in [1.165, 1.54) is 0 Å². The highest BCUT2D eigenvalue weighted by Crippen LogP contribution is 2.50. The molecule has 3 aromatic rings. The number of ether oxygens (including phenoxy) is 1. The largest absolute Gasteiger partial charge is 0.343 e. The van der Waals surface area contributed by atoms with Gasteiger partial charge in [-0.25, -0.2) is 0 Å². The van der Waals surface area contributed by atoms with Crippen molar-refractivity contribution in [3.8, 4) is 0 Å². The van der Waals surface area contributed by atoms with Crippen molar-refractivity contribution in [3.05, 3.63) is 78.0 Å². The van der Waals surface area contributed by atoms with Crippen LogP contribution in [0.5, 0.6) is 0 Å². The first-order valence-electron chi connectivity index (χ1n) is 10.3. The lowest BCUT2D eigenvalue weighted by atomic mass is 10.1. The molecule has 0 aliphatic carbocycles. The molecule has 3 saturated heterocycles. The summed E-state index contributed by atoms with van der Waals surface area (Å²) >= 11 is 0. The van der Waals surface area contributed by atoms with Gasteiger partial charge in [-0.3, -0.25) is 14.6 Å². The maximum Gasteiger partial charge on any atom is 0.255 e. The number of carbonyl (C=O) groups excluding carboxylic acids is 2. The number of hydrogen-bond acceptors (Lipinski definition) is 4. The van der Waals surface area contributed by atoms with Crippen LogP contribution in [0.3, 0.4) is 0 Å². The molecule has 1 aromatic heterocycles. The fraction of sp³-hybridized carbons (Fsp3) is 0.292. The van der Waals surface area contributed by atoms with Crippen LogP contribution in [0.1, 0.15) is 34.9 Å². The lowest BCUT2D eigenvalue weighted by Gasteiger charge is -2.32. The molecule has 150 valence electrons. The number of pyridine rings is 1. The molecule has 6 heteroatoms. The summed E-state index contributed by atoms with van der Waals surface area (Å²) in [5.74, 6) is -0.0240. The number of hydrogen-bond donors (Lipinski definition) is 0. The van der Waals surface area contributed by atoms with Crippen molar-refractivity contribution in [1.82, 2.24) is 14.8 Å². The monoisotopic (exact) mass is 399 g/mol. The van der Waals surface area contributed by atoms with Crippen molar-refractivity contribution in [3.63, 3.8) is 0 Å². The molecule has 0 N–H and O–H groups in total. The topological polar surface area (TPSA) is 62.7 Å². The third kappa shape index (κ3) is 2.43. The fourth-order valence-corrected chi connectivity index (χ4v) is 5.26. The minimum Gasteiger partial charge on any atom is -0.343 e. The first-order chi connectivity index (χ1) is 14.7. The van der Waals surface area contributed by atoms with Crippen LogP contribution in [0, 0.1) is 0 Å². The molecule has 2 amide bonds. The van der Waals surface area contributed by atoms with Crippen LogP contribution < -0.4 is 0 Å². The van der Waals surface area contributed by atoms with Crippen LogP contribution in [0.15, 0.2) is 66.9 Å². The molecule has 1 spiro atoms. The molecular formula is C24H21N3O3. The van der Waals surface area contributed by atoms with Gasteiger partial charge in [-0.15, -0.1) is 0 Å². The highest BCUT2D eigenvalue weighted by molar-refractivity contribution is 5.98. The highest BCUT2D eigenvalue weighted by atomic mass is 16.5. The minimum atomic E-state index is -0.711. The minimum absolute atomic E-state index is 0.0626. The molecule has 3 aliphatic rings. The molecule has 2 aromatic carbocycles. The Hall–Kier alpha value is -3.25. The van der Waals surface area contributed by atoms with E-state index >= 15 is 0 Å². The normalized spacial score (nSPS) is 27.5. The summed E-state index contributed by atoms with van der Waals surface area (Å²) in [5.41, 5.74) is 1.77. The Labute approximate surface area is 174 Å². The van der Waals surface area contributed by atoms with Gasteiger partial charge in [0.05, 0.1) is 30.1 Å². The Morgan fingerprint density at radius 2 is 1.90 bits per heavy atom. The van der Waals surface area contributed by atoms with Crippen molar-refractivity contribution in [2.45, 2.75) is 30.7 Å². The van der Waals surface area contributed by atoms with Gasteiger partial charge in [0.1, 0.15) is 6.10 Å². The molecule has 0 unspecified atom stereocenters. The van der Waals surface area contributed by atoms with Crippen LogP contribution in [-0.2, 0) is 9.53 Å². The summed E-state index contributed by atoms with van der Waals surface area (Å²) in [4.78, 5) is 34.3. The first-order valence-corrected chi connectivity index (χ1v) is 10.3. The van der Waals surface area contributed by atoms with E-state index in [1.54, 1.807) is 6.20 Å². The van der Waals surface area contributed by atoms with Crippen molar-refractivity contribution in [2.24, 2.45) is 0 Å². The molecule has 30 heavy (non-hydrogen) atoms. The Morgan fingerprint density at radius 1 is 1.10 bits per heavy atom. The molecule has 6 rings (SSSR count). The van der Waals surface area contributed by atoms with Crippen LogP contribution in [0.4, 0.5) is 0 Å².